The average Bonchev–Trinajstić information content (AvgIpc) is 2.48. The Morgan fingerprint density at radius 2 is 2.10 bits per heavy atom. The van der Waals surface area contributed by atoms with Gasteiger partial charge in [-0.3, -0.25) is 0 Å². The lowest BCUT2D eigenvalue weighted by Gasteiger charge is -2.32. The molecule has 1 unspecified atom stereocenters. The molecule has 1 aromatic carbocycles. The molecule has 0 radical (unpaired) electrons. The van der Waals surface area contributed by atoms with Crippen molar-refractivity contribution in [2.75, 3.05) is 26.2 Å². The van der Waals surface area contributed by atoms with Crippen molar-refractivity contribution in [3.8, 4) is 0 Å². The second kappa shape index (κ2) is 8.66. The van der Waals surface area contributed by atoms with E-state index < -0.39 is 0 Å². The second-order valence-corrected chi connectivity index (χ2v) is 6.10. The van der Waals surface area contributed by atoms with Gasteiger partial charge in [0.25, 0.3) is 0 Å². The molecule has 1 heterocycles. The molecule has 1 fully saturated rings. The van der Waals surface area contributed by atoms with Crippen LogP contribution in [0.15, 0.2) is 24.3 Å². The molecule has 2 nitrogen and oxygen atoms in total. The van der Waals surface area contributed by atoms with E-state index in [0.29, 0.717) is 6.10 Å². The minimum absolute atomic E-state index is 0.458. The first-order chi connectivity index (χ1) is 9.78. The summed E-state index contributed by atoms with van der Waals surface area (Å²) in [7, 11) is 0. The van der Waals surface area contributed by atoms with Crippen molar-refractivity contribution in [1.82, 2.24) is 4.90 Å². The van der Waals surface area contributed by atoms with Crippen LogP contribution in [-0.4, -0.2) is 37.2 Å². The van der Waals surface area contributed by atoms with Crippen molar-refractivity contribution >= 4 is 11.6 Å². The quantitative estimate of drug-likeness (QED) is 0.749. The van der Waals surface area contributed by atoms with E-state index in [1.54, 1.807) is 0 Å². The maximum atomic E-state index is 5.90. The van der Waals surface area contributed by atoms with Gasteiger partial charge >= 0.3 is 0 Å². The lowest BCUT2D eigenvalue weighted by molar-refractivity contribution is -0.000189. The van der Waals surface area contributed by atoms with Crippen LogP contribution in [0, 0.1) is 0 Å². The van der Waals surface area contributed by atoms with E-state index in [1.807, 2.05) is 12.1 Å². The van der Waals surface area contributed by atoms with E-state index in [2.05, 4.69) is 24.0 Å². The topological polar surface area (TPSA) is 12.5 Å². The molecule has 112 valence electrons. The zero-order valence-corrected chi connectivity index (χ0v) is 13.2. The van der Waals surface area contributed by atoms with E-state index in [1.165, 1.54) is 37.9 Å². The molecule has 0 amide bonds. The van der Waals surface area contributed by atoms with Crippen molar-refractivity contribution in [3.05, 3.63) is 34.9 Å². The van der Waals surface area contributed by atoms with Crippen LogP contribution in [0.2, 0.25) is 5.02 Å². The molecule has 1 aliphatic rings. The molecule has 20 heavy (non-hydrogen) atoms. The normalized spacial score (nSPS) is 20.2. The monoisotopic (exact) mass is 295 g/mol. The Morgan fingerprint density at radius 1 is 1.30 bits per heavy atom. The van der Waals surface area contributed by atoms with E-state index in [4.69, 9.17) is 16.3 Å². The van der Waals surface area contributed by atoms with Gasteiger partial charge in [-0.05, 0) is 62.9 Å². The fraction of sp³-hybridized carbons (Fsp3) is 0.647. The molecule has 0 spiro atoms. The largest absolute Gasteiger partial charge is 0.377 e. The number of piperidine rings is 1. The zero-order valence-electron chi connectivity index (χ0n) is 12.5. The molecule has 0 aromatic heterocycles. The van der Waals surface area contributed by atoms with Crippen LogP contribution in [0.25, 0.3) is 0 Å². The fourth-order valence-corrected chi connectivity index (χ4v) is 2.92. The van der Waals surface area contributed by atoms with Crippen molar-refractivity contribution in [3.63, 3.8) is 0 Å². The zero-order chi connectivity index (χ0) is 14.2. The summed E-state index contributed by atoms with van der Waals surface area (Å²) in [6.07, 6.45) is 6.42. The van der Waals surface area contributed by atoms with Gasteiger partial charge in [-0.15, -0.1) is 0 Å². The number of ether oxygens (including phenoxy) is 1. The van der Waals surface area contributed by atoms with Gasteiger partial charge in [-0.25, -0.2) is 0 Å². The van der Waals surface area contributed by atoms with Gasteiger partial charge in [0.1, 0.15) is 0 Å². The highest BCUT2D eigenvalue weighted by atomic mass is 35.5. The molecule has 2 rings (SSSR count). The summed E-state index contributed by atoms with van der Waals surface area (Å²) >= 11 is 5.90. The van der Waals surface area contributed by atoms with Crippen LogP contribution < -0.4 is 0 Å². The Morgan fingerprint density at radius 3 is 2.85 bits per heavy atom. The van der Waals surface area contributed by atoms with Gasteiger partial charge < -0.3 is 9.64 Å². The number of nitrogens with zero attached hydrogens (tertiary/aromatic N) is 1. The molecule has 0 saturated carbocycles. The van der Waals surface area contributed by atoms with E-state index in [9.17, 15) is 0 Å². The maximum Gasteiger partial charge on any atom is 0.0702 e. The molecule has 0 N–H and O–H groups in total. The Kier molecular flexibility index (Phi) is 6.85. The lowest BCUT2D eigenvalue weighted by atomic mass is 10.1. The first-order valence-electron chi connectivity index (χ1n) is 7.86. The molecular weight excluding hydrogens is 270 g/mol. The van der Waals surface area contributed by atoms with E-state index in [-0.39, 0.29) is 0 Å². The summed E-state index contributed by atoms with van der Waals surface area (Å²) in [6.45, 7) is 6.60. The average molecular weight is 296 g/mol. The van der Waals surface area contributed by atoms with Gasteiger partial charge in [0.2, 0.25) is 0 Å². The summed E-state index contributed by atoms with van der Waals surface area (Å²) in [5.41, 5.74) is 1.38. The SMILES string of the molecule is CCCOC1CCCN(CCCc2ccc(Cl)cc2)C1. The standard InChI is InChI=1S/C17H26ClNO/c1-2-13-20-17-6-4-12-19(14-17)11-3-5-15-7-9-16(18)10-8-15/h7-10,17H,2-6,11-14H2,1H3. The van der Waals surface area contributed by atoms with Crippen molar-refractivity contribution in [1.29, 1.82) is 0 Å². The number of likely N-dealkylation sites (tertiary alicyclic amines) is 1. The molecule has 1 saturated heterocycles. The first kappa shape index (κ1) is 15.8. The molecule has 1 atom stereocenters. The van der Waals surface area contributed by atoms with Gasteiger partial charge in [0.05, 0.1) is 6.10 Å². The van der Waals surface area contributed by atoms with Crippen LogP contribution in [0.5, 0.6) is 0 Å². The minimum Gasteiger partial charge on any atom is -0.377 e. The van der Waals surface area contributed by atoms with Gasteiger partial charge in [-0.1, -0.05) is 30.7 Å². The highest BCUT2D eigenvalue weighted by Crippen LogP contribution is 2.15. The third kappa shape index (κ3) is 5.43. The summed E-state index contributed by atoms with van der Waals surface area (Å²) in [5, 5.41) is 0.820. The predicted octanol–water partition coefficient (Wildman–Crippen LogP) is 4.16. The van der Waals surface area contributed by atoms with Crippen molar-refractivity contribution in [2.45, 2.75) is 45.1 Å². The molecule has 1 aliphatic heterocycles. The predicted molar refractivity (Wildman–Crippen MR) is 85.5 cm³/mol. The Balaban J connectivity index is 1.67. The van der Waals surface area contributed by atoms with Crippen LogP contribution in [0.1, 0.15) is 38.2 Å². The van der Waals surface area contributed by atoms with Crippen LogP contribution in [0.3, 0.4) is 0 Å². The number of hydrogen-bond donors (Lipinski definition) is 0. The number of rotatable bonds is 7. The van der Waals surface area contributed by atoms with Crippen molar-refractivity contribution in [2.24, 2.45) is 0 Å². The molecule has 0 aliphatic carbocycles. The molecular formula is C17H26ClNO. The Hall–Kier alpha value is -0.570. The van der Waals surface area contributed by atoms with Crippen LogP contribution in [-0.2, 0) is 11.2 Å². The van der Waals surface area contributed by atoms with E-state index in [0.717, 1.165) is 31.0 Å². The molecule has 3 heteroatoms. The van der Waals surface area contributed by atoms with Gasteiger partial charge in [-0.2, -0.15) is 0 Å². The molecule has 1 aromatic rings. The third-order valence-electron chi connectivity index (χ3n) is 3.87. The van der Waals surface area contributed by atoms with E-state index >= 15 is 0 Å². The first-order valence-corrected chi connectivity index (χ1v) is 8.24. The highest BCUT2D eigenvalue weighted by molar-refractivity contribution is 6.30. The lowest BCUT2D eigenvalue weighted by Crippen LogP contribution is -2.40. The fourth-order valence-electron chi connectivity index (χ4n) is 2.79. The number of halogens is 1. The summed E-state index contributed by atoms with van der Waals surface area (Å²) in [5.74, 6) is 0. The Labute approximate surface area is 128 Å². The third-order valence-corrected chi connectivity index (χ3v) is 4.12. The molecule has 0 bridgehead atoms. The number of aryl methyl sites for hydroxylation is 1. The summed E-state index contributed by atoms with van der Waals surface area (Å²) in [4.78, 5) is 2.56. The second-order valence-electron chi connectivity index (χ2n) is 5.67. The van der Waals surface area contributed by atoms with Crippen molar-refractivity contribution < 1.29 is 4.74 Å². The summed E-state index contributed by atoms with van der Waals surface area (Å²) in [6, 6.07) is 8.22. The smallest absolute Gasteiger partial charge is 0.0702 e. The number of benzene rings is 1. The maximum absolute atomic E-state index is 5.90. The van der Waals surface area contributed by atoms with Gasteiger partial charge in [0.15, 0.2) is 0 Å². The Bertz CT molecular complexity index is 379. The van der Waals surface area contributed by atoms with Crippen LogP contribution in [0.4, 0.5) is 0 Å². The number of hydrogen-bond acceptors (Lipinski definition) is 2. The summed E-state index contributed by atoms with van der Waals surface area (Å²) < 4.78 is 5.88. The van der Waals surface area contributed by atoms with Crippen LogP contribution >= 0.6 is 11.6 Å². The minimum atomic E-state index is 0.458. The van der Waals surface area contributed by atoms with Gasteiger partial charge in [0, 0.05) is 18.2 Å². The highest BCUT2D eigenvalue weighted by Gasteiger charge is 2.19.